The minimum absolute atomic E-state index is 0.714. The van der Waals surface area contributed by atoms with Crippen molar-refractivity contribution in [2.24, 2.45) is 0 Å². The molecule has 94 valence electrons. The largest absolute Gasteiger partial charge is 0.397 e. The molecule has 0 saturated heterocycles. The van der Waals surface area contributed by atoms with E-state index >= 15 is 0 Å². The maximum absolute atomic E-state index is 6.07. The van der Waals surface area contributed by atoms with Gasteiger partial charge in [0.05, 0.1) is 17.4 Å². The number of rotatable bonds is 2. The lowest BCUT2D eigenvalue weighted by molar-refractivity contribution is 1.35. The zero-order valence-corrected chi connectivity index (χ0v) is 12.4. The Labute approximate surface area is 124 Å². The molecule has 19 heavy (non-hydrogen) atoms. The van der Waals surface area contributed by atoms with Gasteiger partial charge in [-0.05, 0) is 30.3 Å². The van der Waals surface area contributed by atoms with E-state index in [1.807, 2.05) is 30.3 Å². The number of hydrogen-bond acceptors (Lipinski definition) is 3. The van der Waals surface area contributed by atoms with Crippen molar-refractivity contribution >= 4 is 44.3 Å². The fourth-order valence-corrected chi connectivity index (χ4v) is 3.09. The van der Waals surface area contributed by atoms with Gasteiger partial charge < -0.3 is 5.73 Å². The van der Waals surface area contributed by atoms with Gasteiger partial charge in [-0.2, -0.15) is 0 Å². The third kappa shape index (κ3) is 2.60. The van der Waals surface area contributed by atoms with E-state index in [0.29, 0.717) is 5.69 Å². The van der Waals surface area contributed by atoms with Crippen LogP contribution in [0, 0.1) is 0 Å². The fourth-order valence-electron chi connectivity index (χ4n) is 1.87. The van der Waals surface area contributed by atoms with Gasteiger partial charge >= 0.3 is 0 Å². The molecule has 0 saturated carbocycles. The summed E-state index contributed by atoms with van der Waals surface area (Å²) in [6.07, 6.45) is 1.73. The predicted octanol–water partition coefficient (Wildman–Crippen LogP) is 4.73. The van der Waals surface area contributed by atoms with Crippen LogP contribution >= 0.6 is 27.7 Å². The van der Waals surface area contributed by atoms with Crippen LogP contribution in [0.25, 0.3) is 10.9 Å². The van der Waals surface area contributed by atoms with Crippen LogP contribution in [-0.4, -0.2) is 4.98 Å². The number of nitrogen functional groups attached to an aromatic ring is 1. The molecule has 1 aromatic heterocycles. The summed E-state index contributed by atoms with van der Waals surface area (Å²) in [5.74, 6) is 0. The minimum atomic E-state index is 0.714. The van der Waals surface area contributed by atoms with Gasteiger partial charge in [-0.15, -0.1) is 0 Å². The summed E-state index contributed by atoms with van der Waals surface area (Å²) in [7, 11) is 0. The molecule has 2 N–H and O–H groups in total. The molecular weight excluding hydrogens is 320 g/mol. The quantitative estimate of drug-likeness (QED) is 0.738. The second-order valence-electron chi connectivity index (χ2n) is 4.12. The molecule has 0 aliphatic rings. The van der Waals surface area contributed by atoms with Crippen molar-refractivity contribution in [3.05, 3.63) is 59.2 Å². The third-order valence-corrected chi connectivity index (χ3v) is 4.48. The van der Waals surface area contributed by atoms with Crippen molar-refractivity contribution in [3.63, 3.8) is 0 Å². The SMILES string of the molecule is Nc1cnc2ccccc2c1Sc1ccc(Br)cc1. The van der Waals surface area contributed by atoms with Crippen molar-refractivity contribution < 1.29 is 0 Å². The number of anilines is 1. The van der Waals surface area contributed by atoms with Crippen LogP contribution in [0.3, 0.4) is 0 Å². The van der Waals surface area contributed by atoms with Crippen LogP contribution in [0.15, 0.2) is 69.0 Å². The van der Waals surface area contributed by atoms with Gasteiger partial charge in [0.1, 0.15) is 0 Å². The molecule has 0 radical (unpaired) electrons. The summed E-state index contributed by atoms with van der Waals surface area (Å²) >= 11 is 5.11. The first-order valence-corrected chi connectivity index (χ1v) is 7.41. The number of para-hydroxylation sites is 1. The fraction of sp³-hybridized carbons (Fsp3) is 0. The molecule has 0 aliphatic carbocycles. The van der Waals surface area contributed by atoms with Gasteiger partial charge in [-0.1, -0.05) is 45.9 Å². The molecule has 3 aromatic rings. The molecule has 2 nitrogen and oxygen atoms in total. The summed E-state index contributed by atoms with van der Waals surface area (Å²) in [5.41, 5.74) is 7.76. The molecule has 0 atom stereocenters. The molecule has 1 heterocycles. The first kappa shape index (κ1) is 12.5. The standard InChI is InChI=1S/C15H11BrN2S/c16-10-5-7-11(8-6-10)19-15-12-3-1-2-4-14(12)18-9-13(15)17/h1-9H,17H2. The molecule has 3 rings (SSSR count). The zero-order chi connectivity index (χ0) is 13.2. The van der Waals surface area contributed by atoms with Crippen molar-refractivity contribution in [2.45, 2.75) is 9.79 Å². The number of nitrogens with two attached hydrogens (primary N) is 1. The minimum Gasteiger partial charge on any atom is -0.397 e. The lowest BCUT2D eigenvalue weighted by Gasteiger charge is -2.09. The number of hydrogen-bond donors (Lipinski definition) is 1. The number of benzene rings is 2. The van der Waals surface area contributed by atoms with E-state index in [2.05, 4.69) is 39.1 Å². The van der Waals surface area contributed by atoms with E-state index < -0.39 is 0 Å². The molecule has 0 spiro atoms. The monoisotopic (exact) mass is 330 g/mol. The average molecular weight is 331 g/mol. The summed E-state index contributed by atoms with van der Waals surface area (Å²) in [6, 6.07) is 16.3. The summed E-state index contributed by atoms with van der Waals surface area (Å²) in [6.45, 7) is 0. The van der Waals surface area contributed by atoms with Crippen molar-refractivity contribution in [1.29, 1.82) is 0 Å². The molecule has 0 fully saturated rings. The average Bonchev–Trinajstić information content (AvgIpc) is 2.44. The van der Waals surface area contributed by atoms with E-state index in [4.69, 9.17) is 5.73 Å². The number of fused-ring (bicyclic) bond motifs is 1. The topological polar surface area (TPSA) is 38.9 Å². The Kier molecular flexibility index (Phi) is 3.44. The van der Waals surface area contributed by atoms with E-state index in [9.17, 15) is 0 Å². The molecular formula is C15H11BrN2S. The summed E-state index contributed by atoms with van der Waals surface area (Å²) in [4.78, 5) is 6.57. The molecule has 4 heteroatoms. The van der Waals surface area contributed by atoms with Crippen molar-refractivity contribution in [2.75, 3.05) is 5.73 Å². The van der Waals surface area contributed by atoms with E-state index in [-0.39, 0.29) is 0 Å². The number of halogens is 1. The maximum Gasteiger partial charge on any atom is 0.0715 e. The predicted molar refractivity (Wildman–Crippen MR) is 84.4 cm³/mol. The second-order valence-corrected chi connectivity index (χ2v) is 6.12. The van der Waals surface area contributed by atoms with Gasteiger partial charge in [-0.25, -0.2) is 0 Å². The van der Waals surface area contributed by atoms with E-state index in [1.165, 1.54) is 0 Å². The Morgan fingerprint density at radius 2 is 1.74 bits per heavy atom. The Morgan fingerprint density at radius 3 is 2.53 bits per heavy atom. The zero-order valence-electron chi connectivity index (χ0n) is 10.0. The summed E-state index contributed by atoms with van der Waals surface area (Å²) < 4.78 is 1.07. The molecule has 0 bridgehead atoms. The van der Waals surface area contributed by atoms with Gasteiger partial charge in [0, 0.05) is 19.6 Å². The summed E-state index contributed by atoms with van der Waals surface area (Å²) in [5, 5.41) is 1.09. The maximum atomic E-state index is 6.07. The van der Waals surface area contributed by atoms with Gasteiger partial charge in [0.15, 0.2) is 0 Å². The smallest absolute Gasteiger partial charge is 0.0715 e. The lowest BCUT2D eigenvalue weighted by atomic mass is 10.2. The highest BCUT2D eigenvalue weighted by Gasteiger charge is 2.08. The molecule has 0 amide bonds. The molecule has 2 aromatic carbocycles. The highest BCUT2D eigenvalue weighted by atomic mass is 79.9. The lowest BCUT2D eigenvalue weighted by Crippen LogP contribution is -1.92. The second kappa shape index (κ2) is 5.23. The Bertz CT molecular complexity index is 726. The third-order valence-electron chi connectivity index (χ3n) is 2.79. The molecule has 0 unspecified atom stereocenters. The first-order chi connectivity index (χ1) is 9.24. The number of pyridine rings is 1. The van der Waals surface area contributed by atoms with Crippen LogP contribution in [0.2, 0.25) is 0 Å². The van der Waals surface area contributed by atoms with Gasteiger partial charge in [0.2, 0.25) is 0 Å². The van der Waals surface area contributed by atoms with Crippen LogP contribution in [-0.2, 0) is 0 Å². The van der Waals surface area contributed by atoms with Gasteiger partial charge in [0.25, 0.3) is 0 Å². The van der Waals surface area contributed by atoms with Crippen LogP contribution in [0.1, 0.15) is 0 Å². The van der Waals surface area contributed by atoms with Crippen molar-refractivity contribution in [3.8, 4) is 0 Å². The van der Waals surface area contributed by atoms with Crippen LogP contribution < -0.4 is 5.73 Å². The van der Waals surface area contributed by atoms with Crippen LogP contribution in [0.5, 0.6) is 0 Å². The highest BCUT2D eigenvalue weighted by Crippen LogP contribution is 2.37. The highest BCUT2D eigenvalue weighted by molar-refractivity contribution is 9.10. The van der Waals surface area contributed by atoms with Gasteiger partial charge in [-0.3, -0.25) is 4.98 Å². The van der Waals surface area contributed by atoms with E-state index in [1.54, 1.807) is 18.0 Å². The van der Waals surface area contributed by atoms with E-state index in [0.717, 1.165) is 25.2 Å². The number of aromatic nitrogens is 1. The van der Waals surface area contributed by atoms with Crippen molar-refractivity contribution in [1.82, 2.24) is 4.98 Å². The molecule has 0 aliphatic heterocycles. The Hall–Kier alpha value is -1.52. The Morgan fingerprint density at radius 1 is 1.00 bits per heavy atom. The number of nitrogens with zero attached hydrogens (tertiary/aromatic N) is 1. The van der Waals surface area contributed by atoms with Crippen LogP contribution in [0.4, 0.5) is 5.69 Å². The first-order valence-electron chi connectivity index (χ1n) is 5.81. The Balaban J connectivity index is 2.09. The normalized spacial score (nSPS) is 10.8.